The van der Waals surface area contributed by atoms with Crippen molar-refractivity contribution in [2.24, 2.45) is 0 Å². The van der Waals surface area contributed by atoms with Crippen molar-refractivity contribution in [1.29, 1.82) is 0 Å². The molecule has 1 aromatic carbocycles. The molecule has 1 atom stereocenters. The van der Waals surface area contributed by atoms with Gasteiger partial charge in [-0.3, -0.25) is 0 Å². The third-order valence-electron chi connectivity index (χ3n) is 2.83. The Labute approximate surface area is 121 Å². The fraction of sp³-hybridized carbons (Fsp3) is 0.600. The number of nitrogens with one attached hydrogen (secondary N) is 1. The van der Waals surface area contributed by atoms with Crippen LogP contribution in [0.4, 0.5) is 0 Å². The monoisotopic (exact) mass is 285 g/mol. The van der Waals surface area contributed by atoms with Gasteiger partial charge in [0.15, 0.2) is 6.29 Å². The number of likely N-dealkylation sites (N-methyl/N-ethyl adjacent to an activating group) is 1. The topological polar surface area (TPSA) is 30.5 Å². The van der Waals surface area contributed by atoms with Crippen molar-refractivity contribution in [1.82, 2.24) is 5.32 Å². The van der Waals surface area contributed by atoms with Gasteiger partial charge in [0.2, 0.25) is 0 Å². The minimum atomic E-state index is -0.217. The van der Waals surface area contributed by atoms with Crippen LogP contribution in [0.1, 0.15) is 26.3 Å². The molecular formula is C15H24ClNO2. The predicted molar refractivity (Wildman–Crippen MR) is 79.7 cm³/mol. The van der Waals surface area contributed by atoms with E-state index in [0.717, 1.165) is 18.0 Å². The van der Waals surface area contributed by atoms with Crippen LogP contribution >= 0.6 is 11.6 Å². The first-order chi connectivity index (χ1) is 9.21. The second-order valence-corrected chi connectivity index (χ2v) is 4.71. The van der Waals surface area contributed by atoms with Crippen LogP contribution in [-0.2, 0) is 15.9 Å². The Morgan fingerprint density at radius 2 is 1.63 bits per heavy atom. The molecule has 1 aromatic rings. The van der Waals surface area contributed by atoms with Crippen LogP contribution in [0.25, 0.3) is 0 Å². The molecule has 0 fully saturated rings. The van der Waals surface area contributed by atoms with Crippen LogP contribution in [0.5, 0.6) is 0 Å². The Morgan fingerprint density at radius 3 is 2.11 bits per heavy atom. The molecule has 19 heavy (non-hydrogen) atoms. The summed E-state index contributed by atoms with van der Waals surface area (Å²) in [5, 5.41) is 4.19. The van der Waals surface area contributed by atoms with E-state index in [4.69, 9.17) is 21.1 Å². The van der Waals surface area contributed by atoms with Gasteiger partial charge < -0.3 is 14.8 Å². The Bertz CT molecular complexity index is 337. The lowest BCUT2D eigenvalue weighted by molar-refractivity contribution is -0.153. The number of halogens is 1. The first-order valence-electron chi connectivity index (χ1n) is 6.92. The third-order valence-corrected chi connectivity index (χ3v) is 3.08. The molecular weight excluding hydrogens is 262 g/mol. The summed E-state index contributed by atoms with van der Waals surface area (Å²) in [6.45, 7) is 8.23. The van der Waals surface area contributed by atoms with Gasteiger partial charge in [0.25, 0.3) is 0 Å². The van der Waals surface area contributed by atoms with Crippen LogP contribution in [-0.4, -0.2) is 32.1 Å². The van der Waals surface area contributed by atoms with E-state index < -0.39 is 0 Å². The average Bonchev–Trinajstić information content (AvgIpc) is 2.40. The summed E-state index contributed by atoms with van der Waals surface area (Å²) in [5.74, 6) is 0. The largest absolute Gasteiger partial charge is 0.351 e. The van der Waals surface area contributed by atoms with Gasteiger partial charge in [-0.15, -0.1) is 0 Å². The van der Waals surface area contributed by atoms with Crippen LogP contribution in [0, 0.1) is 0 Å². The van der Waals surface area contributed by atoms with E-state index in [1.165, 1.54) is 5.56 Å². The first kappa shape index (κ1) is 16.4. The van der Waals surface area contributed by atoms with Crippen molar-refractivity contribution in [3.8, 4) is 0 Å². The molecule has 0 amide bonds. The molecule has 0 aliphatic carbocycles. The summed E-state index contributed by atoms with van der Waals surface area (Å²) >= 11 is 5.91. The highest BCUT2D eigenvalue weighted by Crippen LogP contribution is 2.14. The molecule has 1 unspecified atom stereocenters. The maximum atomic E-state index is 5.91. The zero-order valence-electron chi connectivity index (χ0n) is 12.0. The first-order valence-corrected chi connectivity index (χ1v) is 7.30. The molecule has 1 N–H and O–H groups in total. The summed E-state index contributed by atoms with van der Waals surface area (Å²) in [4.78, 5) is 0. The Hall–Kier alpha value is -0.610. The summed E-state index contributed by atoms with van der Waals surface area (Å²) in [5.41, 5.74) is 1.22. The number of benzene rings is 1. The van der Waals surface area contributed by atoms with Gasteiger partial charge in [0.1, 0.15) is 0 Å². The second kappa shape index (κ2) is 9.32. The maximum absolute atomic E-state index is 5.91. The molecule has 0 saturated heterocycles. The number of rotatable bonds is 9. The molecule has 0 spiro atoms. The summed E-state index contributed by atoms with van der Waals surface area (Å²) < 4.78 is 11.4. The van der Waals surface area contributed by atoms with E-state index in [-0.39, 0.29) is 12.3 Å². The van der Waals surface area contributed by atoms with E-state index in [9.17, 15) is 0 Å². The standard InChI is InChI=1S/C15H24ClNO2/c1-4-17-14(15(18-5-2)19-6-3)11-12-7-9-13(16)10-8-12/h7-10,14-15,17H,4-6,11H2,1-3H3. The summed E-state index contributed by atoms with van der Waals surface area (Å²) in [6, 6.07) is 8.06. The van der Waals surface area contributed by atoms with Crippen molar-refractivity contribution in [3.05, 3.63) is 34.9 Å². The maximum Gasteiger partial charge on any atom is 0.172 e. The fourth-order valence-electron chi connectivity index (χ4n) is 2.01. The van der Waals surface area contributed by atoms with Crippen molar-refractivity contribution in [2.45, 2.75) is 39.5 Å². The van der Waals surface area contributed by atoms with Gasteiger partial charge in [-0.25, -0.2) is 0 Å². The normalized spacial score (nSPS) is 12.9. The summed E-state index contributed by atoms with van der Waals surface area (Å²) in [6.07, 6.45) is 0.640. The number of hydrogen-bond donors (Lipinski definition) is 1. The fourth-order valence-corrected chi connectivity index (χ4v) is 2.14. The van der Waals surface area contributed by atoms with Gasteiger partial charge >= 0.3 is 0 Å². The molecule has 0 bridgehead atoms. The lowest BCUT2D eigenvalue weighted by Gasteiger charge is -2.27. The van der Waals surface area contributed by atoms with E-state index >= 15 is 0 Å². The highest BCUT2D eigenvalue weighted by atomic mass is 35.5. The van der Waals surface area contributed by atoms with Gasteiger partial charge in [-0.1, -0.05) is 30.7 Å². The van der Waals surface area contributed by atoms with Crippen LogP contribution in [0.2, 0.25) is 5.02 Å². The zero-order chi connectivity index (χ0) is 14.1. The molecule has 0 saturated carbocycles. The van der Waals surface area contributed by atoms with Crippen molar-refractivity contribution in [3.63, 3.8) is 0 Å². The van der Waals surface area contributed by atoms with E-state index in [1.54, 1.807) is 0 Å². The van der Waals surface area contributed by atoms with E-state index in [1.807, 2.05) is 38.1 Å². The van der Waals surface area contributed by atoms with Crippen molar-refractivity contribution >= 4 is 11.6 Å². The molecule has 0 aromatic heterocycles. The minimum absolute atomic E-state index is 0.145. The molecule has 0 aliphatic rings. The number of ether oxygens (including phenoxy) is 2. The van der Waals surface area contributed by atoms with Crippen LogP contribution in [0.3, 0.4) is 0 Å². The molecule has 108 valence electrons. The van der Waals surface area contributed by atoms with E-state index in [0.29, 0.717) is 13.2 Å². The summed E-state index contributed by atoms with van der Waals surface area (Å²) in [7, 11) is 0. The van der Waals surface area contributed by atoms with Crippen molar-refractivity contribution in [2.75, 3.05) is 19.8 Å². The quantitative estimate of drug-likeness (QED) is 0.707. The smallest absolute Gasteiger partial charge is 0.172 e. The average molecular weight is 286 g/mol. The van der Waals surface area contributed by atoms with Gasteiger partial charge in [-0.05, 0) is 44.5 Å². The molecule has 0 radical (unpaired) electrons. The molecule has 0 aliphatic heterocycles. The second-order valence-electron chi connectivity index (χ2n) is 4.27. The van der Waals surface area contributed by atoms with Crippen LogP contribution < -0.4 is 5.32 Å². The van der Waals surface area contributed by atoms with Gasteiger partial charge in [0, 0.05) is 18.2 Å². The minimum Gasteiger partial charge on any atom is -0.351 e. The third kappa shape index (κ3) is 5.91. The molecule has 0 heterocycles. The molecule has 1 rings (SSSR count). The van der Waals surface area contributed by atoms with E-state index in [2.05, 4.69) is 12.2 Å². The Kier molecular flexibility index (Phi) is 8.07. The predicted octanol–water partition coefficient (Wildman–Crippen LogP) is 3.26. The zero-order valence-corrected chi connectivity index (χ0v) is 12.7. The van der Waals surface area contributed by atoms with Crippen LogP contribution in [0.15, 0.2) is 24.3 Å². The lowest BCUT2D eigenvalue weighted by Crippen LogP contribution is -2.44. The highest BCUT2D eigenvalue weighted by molar-refractivity contribution is 6.30. The molecule has 3 nitrogen and oxygen atoms in total. The van der Waals surface area contributed by atoms with Gasteiger partial charge in [0.05, 0.1) is 6.04 Å². The lowest BCUT2D eigenvalue weighted by atomic mass is 10.1. The van der Waals surface area contributed by atoms with Gasteiger partial charge in [-0.2, -0.15) is 0 Å². The number of hydrogen-bond acceptors (Lipinski definition) is 3. The van der Waals surface area contributed by atoms with Crippen molar-refractivity contribution < 1.29 is 9.47 Å². The highest BCUT2D eigenvalue weighted by Gasteiger charge is 2.21. The Balaban J connectivity index is 2.71. The SMILES string of the molecule is CCNC(Cc1ccc(Cl)cc1)C(OCC)OCC. The Morgan fingerprint density at radius 1 is 1.05 bits per heavy atom. The molecule has 4 heteroatoms.